The van der Waals surface area contributed by atoms with E-state index in [4.69, 9.17) is 4.74 Å². The van der Waals surface area contributed by atoms with E-state index in [0.29, 0.717) is 6.61 Å². The summed E-state index contributed by atoms with van der Waals surface area (Å²) in [5.41, 5.74) is 0. The molecule has 0 aliphatic carbocycles. The van der Waals surface area contributed by atoms with Gasteiger partial charge in [0, 0.05) is 0 Å². The third-order valence-corrected chi connectivity index (χ3v) is 6.63. The molecule has 0 rings (SSSR count). The van der Waals surface area contributed by atoms with E-state index < -0.39 is 6.47 Å². The van der Waals surface area contributed by atoms with Crippen molar-refractivity contribution in [3.8, 4) is 0 Å². The highest BCUT2D eigenvalue weighted by Crippen LogP contribution is 2.48. The van der Waals surface area contributed by atoms with Gasteiger partial charge in [-0.2, -0.15) is 0 Å². The Balaban J connectivity index is 4.50. The fourth-order valence-electron chi connectivity index (χ4n) is 0.401. The van der Waals surface area contributed by atoms with Gasteiger partial charge in [-0.05, 0) is 13.8 Å². The van der Waals surface area contributed by atoms with Crippen molar-refractivity contribution in [3.05, 3.63) is 0 Å². The van der Waals surface area contributed by atoms with Gasteiger partial charge in [-0.25, -0.2) is 4.79 Å². The summed E-state index contributed by atoms with van der Waals surface area (Å²) in [4.78, 5) is 11.3. The van der Waals surface area contributed by atoms with Gasteiger partial charge in [-0.15, -0.1) is 0 Å². The average molecular weight is 432 g/mol. The molecule has 0 atom stereocenters. The van der Waals surface area contributed by atoms with Crippen LogP contribution in [-0.2, 0) is 9.53 Å². The first-order valence-electron chi connectivity index (χ1n) is 3.16. The summed E-state index contributed by atoms with van der Waals surface area (Å²) in [6.07, 6.45) is 0. The van der Waals surface area contributed by atoms with E-state index in [2.05, 4.69) is 63.7 Å². The molecule has 0 aliphatic heterocycles. The predicted molar refractivity (Wildman–Crippen MR) is 63.5 cm³/mol. The van der Waals surface area contributed by atoms with E-state index in [-0.39, 0.29) is 5.97 Å². The van der Waals surface area contributed by atoms with Crippen molar-refractivity contribution in [2.24, 2.45) is 0 Å². The van der Waals surface area contributed by atoms with Crippen molar-refractivity contribution >= 4 is 69.7 Å². The standard InChI is InChI=1S/C6H8Br4O2/c1-3-12-4(11)6(9,10)5(2,7)8/h3H2,1-2H3. The number of rotatable bonds is 3. The van der Waals surface area contributed by atoms with Crippen LogP contribution in [-0.4, -0.2) is 19.0 Å². The molecule has 0 saturated carbocycles. The highest BCUT2D eigenvalue weighted by molar-refractivity contribution is 9.30. The number of carbonyl (C=O) groups excluding carboxylic acids is 1. The molecule has 6 heteroatoms. The van der Waals surface area contributed by atoms with Gasteiger partial charge < -0.3 is 4.74 Å². The fourth-order valence-corrected chi connectivity index (χ4v) is 0.954. The molecule has 0 saturated heterocycles. The molecule has 72 valence electrons. The van der Waals surface area contributed by atoms with Gasteiger partial charge in [0.15, 0.2) is 0 Å². The Hall–Kier alpha value is 1.39. The molecule has 12 heavy (non-hydrogen) atoms. The third kappa shape index (κ3) is 3.27. The lowest BCUT2D eigenvalue weighted by molar-refractivity contribution is -0.143. The van der Waals surface area contributed by atoms with Crippen LogP contribution in [0, 0.1) is 0 Å². The van der Waals surface area contributed by atoms with E-state index in [1.165, 1.54) is 0 Å². The highest BCUT2D eigenvalue weighted by atomic mass is 79.9. The SMILES string of the molecule is CCOC(=O)C(Br)(Br)C(C)(Br)Br. The Kier molecular flexibility index (Phi) is 5.30. The average Bonchev–Trinajstić information content (AvgIpc) is 1.85. The van der Waals surface area contributed by atoms with Gasteiger partial charge in [-0.3, -0.25) is 0 Å². The summed E-state index contributed by atoms with van der Waals surface area (Å²) in [6, 6.07) is 0. The van der Waals surface area contributed by atoms with Crippen molar-refractivity contribution in [1.82, 2.24) is 0 Å². The monoisotopic (exact) mass is 428 g/mol. The van der Waals surface area contributed by atoms with Crippen molar-refractivity contribution < 1.29 is 9.53 Å². The van der Waals surface area contributed by atoms with Gasteiger partial charge in [0.25, 0.3) is 0 Å². The smallest absolute Gasteiger partial charge is 0.336 e. The topological polar surface area (TPSA) is 26.3 Å². The molecule has 0 unspecified atom stereocenters. The van der Waals surface area contributed by atoms with Gasteiger partial charge in [0.05, 0.1) is 6.61 Å². The maximum atomic E-state index is 11.3. The van der Waals surface area contributed by atoms with Crippen LogP contribution >= 0.6 is 63.7 Å². The first-order valence-corrected chi connectivity index (χ1v) is 6.33. The number of esters is 1. The minimum Gasteiger partial charge on any atom is -0.464 e. The van der Waals surface area contributed by atoms with E-state index in [9.17, 15) is 4.79 Å². The molecule has 0 spiro atoms. The molecule has 0 amide bonds. The van der Waals surface area contributed by atoms with Gasteiger partial charge >= 0.3 is 5.97 Å². The quantitative estimate of drug-likeness (QED) is 0.505. The van der Waals surface area contributed by atoms with Crippen LogP contribution in [0.15, 0.2) is 0 Å². The van der Waals surface area contributed by atoms with Gasteiger partial charge in [0.2, 0.25) is 3.23 Å². The van der Waals surface area contributed by atoms with Crippen LogP contribution in [0.5, 0.6) is 0 Å². The van der Waals surface area contributed by atoms with E-state index in [1.807, 2.05) is 0 Å². The maximum Gasteiger partial charge on any atom is 0.336 e. The molecule has 0 aliphatic rings. The second kappa shape index (κ2) is 4.75. The Morgan fingerprint density at radius 1 is 1.33 bits per heavy atom. The van der Waals surface area contributed by atoms with Crippen LogP contribution in [0.4, 0.5) is 0 Å². The Bertz CT molecular complexity index is 173. The highest BCUT2D eigenvalue weighted by Gasteiger charge is 2.48. The second-order valence-electron chi connectivity index (χ2n) is 2.18. The summed E-state index contributed by atoms with van der Waals surface area (Å²) in [7, 11) is 0. The van der Waals surface area contributed by atoms with Gasteiger partial charge in [0.1, 0.15) is 3.23 Å². The van der Waals surface area contributed by atoms with Crippen LogP contribution in [0.3, 0.4) is 0 Å². The molecule has 0 aromatic carbocycles. The summed E-state index contributed by atoms with van der Waals surface area (Å²) < 4.78 is 3.29. The molecule has 0 fully saturated rings. The largest absolute Gasteiger partial charge is 0.464 e. The molecule has 0 N–H and O–H groups in total. The molecular formula is C6H8Br4O2. The lowest BCUT2D eigenvalue weighted by Crippen LogP contribution is -2.40. The molecule has 0 heterocycles. The first-order chi connectivity index (χ1) is 5.23. The normalized spacial score (nSPS) is 12.8. The Morgan fingerprint density at radius 2 is 1.75 bits per heavy atom. The number of halogens is 4. The Labute approximate surface area is 105 Å². The Morgan fingerprint density at radius 3 is 2.00 bits per heavy atom. The minimum absolute atomic E-state index is 0.355. The second-order valence-corrected chi connectivity index (χ2v) is 9.86. The predicted octanol–water partition coefficient (Wildman–Crippen LogP) is 3.54. The molecular weight excluding hydrogens is 424 g/mol. The summed E-state index contributed by atoms with van der Waals surface area (Å²) in [5.74, 6) is -0.374. The molecule has 0 radical (unpaired) electrons. The minimum atomic E-state index is -0.955. The lowest BCUT2D eigenvalue weighted by atomic mass is 10.3. The summed E-state index contributed by atoms with van der Waals surface area (Å²) in [6.45, 7) is 3.90. The number of hydrogen-bond acceptors (Lipinski definition) is 2. The van der Waals surface area contributed by atoms with Crippen molar-refractivity contribution in [2.45, 2.75) is 20.3 Å². The van der Waals surface area contributed by atoms with Crippen molar-refractivity contribution in [1.29, 1.82) is 0 Å². The zero-order chi connectivity index (χ0) is 9.99. The number of carbonyl (C=O) groups is 1. The van der Waals surface area contributed by atoms with Crippen LogP contribution in [0.2, 0.25) is 0 Å². The maximum absolute atomic E-state index is 11.3. The lowest BCUT2D eigenvalue weighted by Gasteiger charge is -2.28. The zero-order valence-electron chi connectivity index (χ0n) is 6.54. The van der Waals surface area contributed by atoms with E-state index >= 15 is 0 Å². The van der Waals surface area contributed by atoms with Gasteiger partial charge in [-0.1, -0.05) is 63.7 Å². The fraction of sp³-hybridized carbons (Fsp3) is 0.833. The molecule has 2 nitrogen and oxygen atoms in total. The first kappa shape index (κ1) is 13.4. The summed E-state index contributed by atoms with van der Waals surface area (Å²) in [5, 5.41) is 0. The van der Waals surface area contributed by atoms with Crippen LogP contribution in [0.1, 0.15) is 13.8 Å². The molecule has 0 bridgehead atoms. The van der Waals surface area contributed by atoms with Crippen molar-refractivity contribution in [2.75, 3.05) is 6.61 Å². The third-order valence-electron chi connectivity index (χ3n) is 1.08. The molecule has 0 aromatic rings. The van der Waals surface area contributed by atoms with E-state index in [0.717, 1.165) is 0 Å². The number of alkyl halides is 4. The molecule has 0 aromatic heterocycles. The van der Waals surface area contributed by atoms with E-state index in [1.54, 1.807) is 13.8 Å². The summed E-state index contributed by atoms with van der Waals surface area (Å²) >= 11 is 13.0. The zero-order valence-corrected chi connectivity index (χ0v) is 12.9. The van der Waals surface area contributed by atoms with Crippen LogP contribution < -0.4 is 0 Å². The number of ether oxygens (including phenoxy) is 1. The number of hydrogen-bond donors (Lipinski definition) is 0. The van der Waals surface area contributed by atoms with Crippen molar-refractivity contribution in [3.63, 3.8) is 0 Å². The van der Waals surface area contributed by atoms with Crippen LogP contribution in [0.25, 0.3) is 0 Å².